The molecule has 1 aromatic carbocycles. The third-order valence-corrected chi connectivity index (χ3v) is 3.13. The van der Waals surface area contributed by atoms with Crippen LogP contribution in [0.5, 0.6) is 0 Å². The summed E-state index contributed by atoms with van der Waals surface area (Å²) in [6.45, 7) is 4.15. The summed E-state index contributed by atoms with van der Waals surface area (Å²) < 4.78 is 0. The summed E-state index contributed by atoms with van der Waals surface area (Å²) in [6, 6.07) is 6.34. The van der Waals surface area contributed by atoms with Gasteiger partial charge in [0.25, 0.3) is 0 Å². The van der Waals surface area contributed by atoms with Crippen molar-refractivity contribution in [3.8, 4) is 0 Å². The van der Waals surface area contributed by atoms with E-state index in [9.17, 15) is 0 Å². The number of nitrogens with two attached hydrogens (primary N) is 1. The third-order valence-electron chi connectivity index (χ3n) is 3.13. The minimum absolute atomic E-state index is 0.269. The Bertz CT molecular complexity index is 373. The van der Waals surface area contributed by atoms with Gasteiger partial charge in [-0.3, -0.25) is 0 Å². The maximum atomic E-state index is 6.11. The molecular formula is C13H17N. The second kappa shape index (κ2) is 3.16. The Hall–Kier alpha value is -1.24. The van der Waals surface area contributed by atoms with Gasteiger partial charge in [-0.25, -0.2) is 0 Å². The monoisotopic (exact) mass is 187 g/mol. The molecule has 1 aromatic rings. The topological polar surface area (TPSA) is 26.0 Å². The number of benzene rings is 1. The van der Waals surface area contributed by atoms with Crippen LogP contribution in [0.1, 0.15) is 30.9 Å². The highest BCUT2D eigenvalue weighted by atomic mass is 14.6. The van der Waals surface area contributed by atoms with Gasteiger partial charge in [0.2, 0.25) is 0 Å². The Morgan fingerprint density at radius 1 is 1.36 bits per heavy atom. The van der Waals surface area contributed by atoms with Crippen LogP contribution in [0.25, 0.3) is 0 Å². The van der Waals surface area contributed by atoms with Crippen molar-refractivity contribution in [2.75, 3.05) is 5.73 Å². The number of aryl methyl sites for hydroxylation is 1. The average Bonchev–Trinajstić information content (AvgIpc) is 2.91. The molecule has 0 saturated heterocycles. The number of allylic oxidation sites excluding steroid dienone is 2. The van der Waals surface area contributed by atoms with Crippen molar-refractivity contribution in [3.63, 3.8) is 0 Å². The smallest absolute Gasteiger partial charge is 0.0385 e. The molecule has 0 unspecified atom stereocenters. The Morgan fingerprint density at radius 2 is 2.07 bits per heavy atom. The van der Waals surface area contributed by atoms with Crippen molar-refractivity contribution in [1.29, 1.82) is 0 Å². The van der Waals surface area contributed by atoms with Crippen LogP contribution < -0.4 is 5.73 Å². The zero-order chi connectivity index (χ0) is 10.2. The van der Waals surface area contributed by atoms with Crippen LogP contribution in [-0.4, -0.2) is 0 Å². The van der Waals surface area contributed by atoms with Crippen molar-refractivity contribution in [3.05, 3.63) is 41.5 Å². The van der Waals surface area contributed by atoms with Crippen LogP contribution in [0.15, 0.2) is 30.4 Å². The highest BCUT2D eigenvalue weighted by molar-refractivity contribution is 5.59. The minimum Gasteiger partial charge on any atom is -0.398 e. The Kier molecular flexibility index (Phi) is 2.10. The van der Waals surface area contributed by atoms with Gasteiger partial charge in [0.05, 0.1) is 0 Å². The lowest BCUT2D eigenvalue weighted by atomic mass is 9.92. The molecule has 1 nitrogen and oxygen atoms in total. The highest BCUT2D eigenvalue weighted by Crippen LogP contribution is 2.51. The quantitative estimate of drug-likeness (QED) is 0.558. The van der Waals surface area contributed by atoms with Crippen molar-refractivity contribution < 1.29 is 0 Å². The van der Waals surface area contributed by atoms with E-state index in [0.717, 1.165) is 5.69 Å². The van der Waals surface area contributed by atoms with E-state index in [-0.39, 0.29) is 5.41 Å². The summed E-state index contributed by atoms with van der Waals surface area (Å²) in [7, 11) is 0. The fourth-order valence-electron chi connectivity index (χ4n) is 2.09. The molecule has 0 radical (unpaired) electrons. The summed E-state index contributed by atoms with van der Waals surface area (Å²) in [5.41, 5.74) is 9.86. The number of rotatable bonds is 2. The van der Waals surface area contributed by atoms with E-state index in [1.807, 2.05) is 0 Å². The largest absolute Gasteiger partial charge is 0.398 e. The normalized spacial score (nSPS) is 18.7. The maximum Gasteiger partial charge on any atom is 0.0385 e. The predicted octanol–water partition coefficient (Wildman–Crippen LogP) is 3.18. The first kappa shape index (κ1) is 9.32. The van der Waals surface area contributed by atoms with Gasteiger partial charge in [0, 0.05) is 11.1 Å². The standard InChI is InChI=1S/C13H17N/c1-3-7-13(8-9-13)11-6-4-5-10(2)12(11)14/h3-7H,8-9,14H2,1-2H3/b7-3+. The molecule has 1 heteroatoms. The van der Waals surface area contributed by atoms with Crippen LogP contribution in [0, 0.1) is 6.92 Å². The summed E-state index contributed by atoms with van der Waals surface area (Å²) in [6.07, 6.45) is 6.91. The summed E-state index contributed by atoms with van der Waals surface area (Å²) in [5.74, 6) is 0. The van der Waals surface area contributed by atoms with Crippen molar-refractivity contribution in [2.24, 2.45) is 0 Å². The van der Waals surface area contributed by atoms with Crippen LogP contribution in [-0.2, 0) is 5.41 Å². The predicted molar refractivity (Wildman–Crippen MR) is 61.3 cm³/mol. The number of hydrogen-bond donors (Lipinski definition) is 1. The molecule has 14 heavy (non-hydrogen) atoms. The molecule has 1 aliphatic carbocycles. The molecule has 1 saturated carbocycles. The first-order chi connectivity index (χ1) is 6.69. The Labute approximate surface area is 85.6 Å². The van der Waals surface area contributed by atoms with E-state index in [2.05, 4.69) is 44.2 Å². The summed E-state index contributed by atoms with van der Waals surface area (Å²) >= 11 is 0. The number of nitrogen functional groups attached to an aromatic ring is 1. The third kappa shape index (κ3) is 1.33. The molecular weight excluding hydrogens is 170 g/mol. The summed E-state index contributed by atoms with van der Waals surface area (Å²) in [5, 5.41) is 0. The van der Waals surface area contributed by atoms with Crippen LogP contribution >= 0.6 is 0 Å². The SMILES string of the molecule is C/C=C/C1(c2cccc(C)c2N)CC1. The highest BCUT2D eigenvalue weighted by Gasteiger charge is 2.42. The second-order valence-electron chi connectivity index (χ2n) is 4.19. The zero-order valence-electron chi connectivity index (χ0n) is 8.88. The molecule has 2 N–H and O–H groups in total. The van der Waals surface area contributed by atoms with Crippen molar-refractivity contribution in [2.45, 2.75) is 32.1 Å². The number of para-hydroxylation sites is 1. The van der Waals surface area contributed by atoms with Gasteiger partial charge in [-0.15, -0.1) is 0 Å². The first-order valence-corrected chi connectivity index (χ1v) is 5.19. The van der Waals surface area contributed by atoms with Gasteiger partial charge >= 0.3 is 0 Å². The Balaban J connectivity index is 2.47. The van der Waals surface area contributed by atoms with E-state index in [1.54, 1.807) is 0 Å². The van der Waals surface area contributed by atoms with E-state index >= 15 is 0 Å². The number of hydrogen-bond acceptors (Lipinski definition) is 1. The molecule has 0 aromatic heterocycles. The second-order valence-corrected chi connectivity index (χ2v) is 4.19. The van der Waals surface area contributed by atoms with E-state index in [1.165, 1.54) is 24.0 Å². The van der Waals surface area contributed by atoms with Crippen molar-refractivity contribution >= 4 is 5.69 Å². The van der Waals surface area contributed by atoms with Gasteiger partial charge in [0.15, 0.2) is 0 Å². The molecule has 0 spiro atoms. The Morgan fingerprint density at radius 3 is 2.64 bits per heavy atom. The zero-order valence-corrected chi connectivity index (χ0v) is 8.88. The molecule has 0 heterocycles. The van der Waals surface area contributed by atoms with Crippen molar-refractivity contribution in [1.82, 2.24) is 0 Å². The van der Waals surface area contributed by atoms with E-state index in [0.29, 0.717) is 0 Å². The van der Waals surface area contributed by atoms with Gasteiger partial charge in [-0.05, 0) is 37.8 Å². The average molecular weight is 187 g/mol. The molecule has 0 amide bonds. The molecule has 0 bridgehead atoms. The van der Waals surface area contributed by atoms with Crippen LogP contribution in [0.2, 0.25) is 0 Å². The molecule has 1 aliphatic rings. The lowest BCUT2D eigenvalue weighted by molar-refractivity contribution is 0.891. The van der Waals surface area contributed by atoms with Gasteiger partial charge < -0.3 is 5.73 Å². The lowest BCUT2D eigenvalue weighted by Gasteiger charge is -2.15. The lowest BCUT2D eigenvalue weighted by Crippen LogP contribution is -2.07. The van der Waals surface area contributed by atoms with Gasteiger partial charge in [-0.1, -0.05) is 30.4 Å². The molecule has 2 rings (SSSR count). The fraction of sp³-hybridized carbons (Fsp3) is 0.385. The van der Waals surface area contributed by atoms with E-state index < -0.39 is 0 Å². The molecule has 1 fully saturated rings. The summed E-state index contributed by atoms with van der Waals surface area (Å²) in [4.78, 5) is 0. The van der Waals surface area contributed by atoms with Gasteiger partial charge in [-0.2, -0.15) is 0 Å². The van der Waals surface area contributed by atoms with E-state index in [4.69, 9.17) is 5.73 Å². The first-order valence-electron chi connectivity index (χ1n) is 5.19. The maximum absolute atomic E-state index is 6.11. The minimum atomic E-state index is 0.269. The molecule has 0 aliphatic heterocycles. The fourth-order valence-corrected chi connectivity index (χ4v) is 2.09. The van der Waals surface area contributed by atoms with Crippen LogP contribution in [0.4, 0.5) is 5.69 Å². The van der Waals surface area contributed by atoms with Gasteiger partial charge in [0.1, 0.15) is 0 Å². The van der Waals surface area contributed by atoms with Crippen LogP contribution in [0.3, 0.4) is 0 Å². The molecule has 74 valence electrons. The number of anilines is 1. The molecule has 0 atom stereocenters.